The fourth-order valence-corrected chi connectivity index (χ4v) is 2.73. The molecule has 0 unspecified atom stereocenters. The average molecular weight is 431 g/mol. The highest BCUT2D eigenvalue weighted by atomic mass is 79.9. The molecule has 1 atom stereocenters. The number of hydrogen-bond donors (Lipinski definition) is 3. The third-order valence-corrected chi connectivity index (χ3v) is 4.71. The summed E-state index contributed by atoms with van der Waals surface area (Å²) in [7, 11) is 6.39. The van der Waals surface area contributed by atoms with Gasteiger partial charge in [-0.05, 0) is 6.07 Å². The Hall–Kier alpha value is -1.38. The normalized spacial score (nSPS) is 14.6. The third kappa shape index (κ3) is 6.80. The van der Waals surface area contributed by atoms with Crippen LogP contribution in [0.15, 0.2) is 40.4 Å². The van der Waals surface area contributed by atoms with Crippen LogP contribution >= 0.6 is 28.6 Å². The van der Waals surface area contributed by atoms with Gasteiger partial charge in [0.1, 0.15) is 12.6 Å². The molecule has 0 spiro atoms. The van der Waals surface area contributed by atoms with Crippen LogP contribution < -0.4 is 10.6 Å². The predicted octanol–water partition coefficient (Wildman–Crippen LogP) is 2.47. The lowest BCUT2D eigenvalue weighted by Crippen LogP contribution is -2.40. The summed E-state index contributed by atoms with van der Waals surface area (Å²) in [6, 6.07) is 7.31. The van der Waals surface area contributed by atoms with Gasteiger partial charge in [0.15, 0.2) is 5.76 Å². The zero-order valence-electron chi connectivity index (χ0n) is 14.7. The monoisotopic (exact) mass is 430 g/mol. The van der Waals surface area contributed by atoms with Gasteiger partial charge in [0.05, 0.1) is 34.2 Å². The third-order valence-electron chi connectivity index (χ3n) is 3.57. The van der Waals surface area contributed by atoms with E-state index in [-0.39, 0.29) is 12.6 Å². The maximum Gasteiger partial charge on any atom is 0.408 e. The summed E-state index contributed by atoms with van der Waals surface area (Å²) in [6.07, 6.45) is -0.497. The largest absolute Gasteiger partial charge is 0.445 e. The van der Waals surface area contributed by atoms with Gasteiger partial charge in [0.2, 0.25) is 5.88 Å². The van der Waals surface area contributed by atoms with Crippen molar-refractivity contribution in [2.75, 3.05) is 40.0 Å². The van der Waals surface area contributed by atoms with Crippen molar-refractivity contribution >= 4 is 34.7 Å². The van der Waals surface area contributed by atoms with E-state index in [1.54, 1.807) is 0 Å². The molecule has 2 rings (SSSR count). The molecule has 0 radical (unpaired) electrons. The summed E-state index contributed by atoms with van der Waals surface area (Å²) >= 11 is 7.71. The molecule has 1 aromatic rings. The molecule has 2 N–H and O–H groups in total. The maximum atomic E-state index is 12.0. The van der Waals surface area contributed by atoms with Gasteiger partial charge < -0.3 is 24.6 Å². The molecule has 1 aromatic carbocycles. The van der Waals surface area contributed by atoms with Gasteiger partial charge >= 0.3 is 6.09 Å². The van der Waals surface area contributed by atoms with Gasteiger partial charge in [0.25, 0.3) is 0 Å². The van der Waals surface area contributed by atoms with Crippen LogP contribution in [0.4, 0.5) is 4.79 Å². The van der Waals surface area contributed by atoms with Crippen molar-refractivity contribution in [1.29, 1.82) is 0 Å². The van der Waals surface area contributed by atoms with Crippen molar-refractivity contribution in [1.82, 2.24) is 10.6 Å². The number of nitrogens with one attached hydrogen (secondary N) is 2. The van der Waals surface area contributed by atoms with Gasteiger partial charge in [0, 0.05) is 15.8 Å². The van der Waals surface area contributed by atoms with Gasteiger partial charge in [-0.15, -0.1) is 0 Å². The van der Waals surface area contributed by atoms with Crippen molar-refractivity contribution in [3.05, 3.63) is 45.9 Å². The van der Waals surface area contributed by atoms with Crippen molar-refractivity contribution in [2.24, 2.45) is 0 Å². The van der Waals surface area contributed by atoms with E-state index >= 15 is 0 Å². The Labute approximate surface area is 162 Å². The first kappa shape index (κ1) is 19.9. The van der Waals surface area contributed by atoms with Crippen LogP contribution in [-0.2, 0) is 16.1 Å². The zero-order valence-corrected chi connectivity index (χ0v) is 17.2. The highest BCUT2D eigenvalue weighted by molar-refractivity contribution is 9.10. The number of carbonyl (C=O) groups is 1. The summed E-state index contributed by atoms with van der Waals surface area (Å²) in [5.41, 5.74) is 0.907. The van der Waals surface area contributed by atoms with Crippen molar-refractivity contribution < 1.29 is 18.8 Å². The fraction of sp³-hybridized carbons (Fsp3) is 0.471. The SMILES string of the molecule is C[N+](C)(C)CCNC1=C([C@H](CS)NC(=O)OCc2ccccc2Br)O1. The Morgan fingerprint density at radius 3 is 2.72 bits per heavy atom. The number of hydrogen-bond acceptors (Lipinski definition) is 5. The second-order valence-corrected chi connectivity index (χ2v) is 8.00. The number of likely N-dealkylation sites (N-methyl/N-ethyl adjacent to an activating group) is 1. The minimum atomic E-state index is -0.497. The molecule has 0 aliphatic carbocycles. The van der Waals surface area contributed by atoms with E-state index in [9.17, 15) is 4.79 Å². The van der Waals surface area contributed by atoms with Crippen LogP contribution in [0, 0.1) is 0 Å². The van der Waals surface area contributed by atoms with Crippen LogP contribution in [0.1, 0.15) is 5.56 Å². The lowest BCUT2D eigenvalue weighted by Gasteiger charge is -2.23. The molecule has 0 bridgehead atoms. The number of ether oxygens (including phenoxy) is 2. The molecule has 0 aromatic heterocycles. The number of alkyl carbamates (subject to hydrolysis) is 1. The first-order chi connectivity index (χ1) is 11.8. The number of quaternary nitrogens is 1. The van der Waals surface area contributed by atoms with Crippen molar-refractivity contribution in [3.63, 3.8) is 0 Å². The van der Waals surface area contributed by atoms with E-state index < -0.39 is 6.09 Å². The summed E-state index contributed by atoms with van der Waals surface area (Å²) in [5.74, 6) is 1.87. The summed E-state index contributed by atoms with van der Waals surface area (Å²) < 4.78 is 12.5. The number of benzene rings is 1. The number of nitrogens with zero attached hydrogens (tertiary/aromatic N) is 1. The molecule has 0 fully saturated rings. The van der Waals surface area contributed by atoms with E-state index in [0.29, 0.717) is 11.5 Å². The number of carbonyl (C=O) groups excluding carboxylic acids is 1. The van der Waals surface area contributed by atoms with Gasteiger partial charge in [-0.25, -0.2) is 4.79 Å². The lowest BCUT2D eigenvalue weighted by molar-refractivity contribution is -0.869. The molecule has 1 aliphatic rings. The molecular formula is C17H25BrN3O3S+. The van der Waals surface area contributed by atoms with E-state index in [2.05, 4.69) is 60.3 Å². The Bertz CT molecular complexity index is 646. The minimum Gasteiger partial charge on any atom is -0.445 e. The number of halogens is 1. The van der Waals surface area contributed by atoms with Crippen LogP contribution in [0.2, 0.25) is 0 Å². The van der Waals surface area contributed by atoms with E-state index in [0.717, 1.165) is 33.5 Å². The van der Waals surface area contributed by atoms with E-state index in [1.807, 2.05) is 24.3 Å². The van der Waals surface area contributed by atoms with Crippen LogP contribution in [0.25, 0.3) is 0 Å². The second kappa shape index (κ2) is 8.82. The highest BCUT2D eigenvalue weighted by Crippen LogP contribution is 2.27. The Balaban J connectivity index is 1.78. The van der Waals surface area contributed by atoms with Crippen molar-refractivity contribution in [2.45, 2.75) is 12.6 Å². The van der Waals surface area contributed by atoms with Crippen molar-refractivity contribution in [3.8, 4) is 0 Å². The Kier molecular flexibility index (Phi) is 7.04. The molecular weight excluding hydrogens is 406 g/mol. The first-order valence-electron chi connectivity index (χ1n) is 8.04. The topological polar surface area (TPSA) is 62.9 Å². The molecule has 0 saturated carbocycles. The molecule has 6 nitrogen and oxygen atoms in total. The quantitative estimate of drug-likeness (QED) is 0.415. The molecule has 25 heavy (non-hydrogen) atoms. The van der Waals surface area contributed by atoms with Crippen LogP contribution in [0.3, 0.4) is 0 Å². The zero-order chi connectivity index (χ0) is 18.4. The first-order valence-corrected chi connectivity index (χ1v) is 9.46. The lowest BCUT2D eigenvalue weighted by atomic mass is 10.2. The predicted molar refractivity (Wildman–Crippen MR) is 104 cm³/mol. The van der Waals surface area contributed by atoms with Crippen LogP contribution in [0.5, 0.6) is 0 Å². The van der Waals surface area contributed by atoms with Gasteiger partial charge in [-0.3, -0.25) is 0 Å². The van der Waals surface area contributed by atoms with E-state index in [1.165, 1.54) is 0 Å². The Morgan fingerprint density at radius 2 is 2.08 bits per heavy atom. The second-order valence-electron chi connectivity index (χ2n) is 6.78. The van der Waals surface area contributed by atoms with Gasteiger partial charge in [-0.1, -0.05) is 34.1 Å². The molecule has 138 valence electrons. The fourth-order valence-electron chi connectivity index (χ4n) is 2.08. The highest BCUT2D eigenvalue weighted by Gasteiger charge is 2.34. The summed E-state index contributed by atoms with van der Waals surface area (Å²) in [4.78, 5) is 12.0. The van der Waals surface area contributed by atoms with Crippen LogP contribution in [-0.4, -0.2) is 56.6 Å². The summed E-state index contributed by atoms with van der Waals surface area (Å²) in [6.45, 7) is 1.96. The Morgan fingerprint density at radius 1 is 1.36 bits per heavy atom. The number of thiol groups is 1. The number of amides is 1. The molecule has 8 heteroatoms. The molecule has 0 saturated heterocycles. The van der Waals surface area contributed by atoms with E-state index in [4.69, 9.17) is 9.47 Å². The standard InChI is InChI=1S/C17H24BrN3O3S/c1-21(2,3)9-8-19-16-15(24-16)14(11-25)20-17(22)23-10-12-6-4-5-7-13(12)18/h4-7,14,19H,8-11H2,1-3H3,(H-,20,22,25)/p+1/t14-/m0/s1. The molecule has 1 aliphatic heterocycles. The molecule has 1 amide bonds. The maximum absolute atomic E-state index is 12.0. The smallest absolute Gasteiger partial charge is 0.408 e. The minimum absolute atomic E-state index is 0.195. The number of rotatable bonds is 9. The molecule has 1 heterocycles. The van der Waals surface area contributed by atoms with Gasteiger partial charge in [-0.2, -0.15) is 12.6 Å². The average Bonchev–Trinajstić information content (AvgIpc) is 3.30. The summed E-state index contributed by atoms with van der Waals surface area (Å²) in [5, 5.41) is 6.00.